The smallest absolute Gasteiger partial charge is 0.338 e. The quantitative estimate of drug-likeness (QED) is 0.242. The lowest BCUT2D eigenvalue weighted by molar-refractivity contribution is -0.120. The van der Waals surface area contributed by atoms with Crippen LogP contribution < -0.4 is 9.64 Å². The van der Waals surface area contributed by atoms with Gasteiger partial charge in [-0.05, 0) is 66.2 Å². The first-order valence-corrected chi connectivity index (χ1v) is 11.8. The zero-order valence-corrected chi connectivity index (χ0v) is 20.6. The Morgan fingerprint density at radius 2 is 1.51 bits per heavy atom. The second kappa shape index (κ2) is 11.3. The van der Waals surface area contributed by atoms with E-state index >= 15 is 0 Å². The van der Waals surface area contributed by atoms with E-state index in [0.717, 1.165) is 10.8 Å². The van der Waals surface area contributed by atoms with E-state index < -0.39 is 5.97 Å². The van der Waals surface area contributed by atoms with Crippen molar-refractivity contribution in [2.45, 2.75) is 13.5 Å². The van der Waals surface area contributed by atoms with E-state index in [-0.39, 0.29) is 25.7 Å². The summed E-state index contributed by atoms with van der Waals surface area (Å²) >= 11 is 12.8. The molecule has 35 heavy (non-hydrogen) atoms. The monoisotopic (exact) mass is 507 g/mol. The van der Waals surface area contributed by atoms with Crippen molar-refractivity contribution in [3.05, 3.63) is 106 Å². The lowest BCUT2D eigenvalue weighted by atomic mass is 10.1. The third kappa shape index (κ3) is 5.94. The first kappa shape index (κ1) is 24.6. The highest BCUT2D eigenvalue weighted by Gasteiger charge is 2.20. The molecule has 7 heteroatoms. The predicted octanol–water partition coefficient (Wildman–Crippen LogP) is 6.94. The number of esters is 1. The van der Waals surface area contributed by atoms with Crippen LogP contribution in [-0.2, 0) is 16.1 Å². The number of halogens is 2. The topological polar surface area (TPSA) is 55.8 Å². The molecule has 0 aliphatic heterocycles. The Morgan fingerprint density at radius 3 is 2.20 bits per heavy atom. The average molecular weight is 508 g/mol. The maximum absolute atomic E-state index is 13.4. The molecule has 0 fully saturated rings. The molecule has 0 heterocycles. The van der Waals surface area contributed by atoms with Gasteiger partial charge in [-0.3, -0.25) is 4.79 Å². The highest BCUT2D eigenvalue weighted by Crippen LogP contribution is 2.29. The molecule has 0 saturated carbocycles. The predicted molar refractivity (Wildman–Crippen MR) is 139 cm³/mol. The van der Waals surface area contributed by atoms with Crippen molar-refractivity contribution in [1.29, 1.82) is 0 Å². The number of rotatable bonds is 8. The fraction of sp³-hybridized carbons (Fsp3) is 0.143. The molecular formula is C28H23Cl2NO4. The van der Waals surface area contributed by atoms with Gasteiger partial charge in [0.25, 0.3) is 5.91 Å². The molecule has 0 aromatic heterocycles. The van der Waals surface area contributed by atoms with Crippen LogP contribution in [0, 0.1) is 0 Å². The van der Waals surface area contributed by atoms with Crippen LogP contribution in [0.5, 0.6) is 5.75 Å². The Labute approximate surface area is 213 Å². The van der Waals surface area contributed by atoms with Crippen molar-refractivity contribution < 1.29 is 19.1 Å². The molecule has 0 spiro atoms. The minimum Gasteiger partial charge on any atom is -0.484 e. The van der Waals surface area contributed by atoms with E-state index in [4.69, 9.17) is 32.7 Å². The van der Waals surface area contributed by atoms with Crippen LogP contribution in [-0.4, -0.2) is 25.1 Å². The van der Waals surface area contributed by atoms with E-state index in [9.17, 15) is 9.59 Å². The van der Waals surface area contributed by atoms with E-state index in [1.807, 2.05) is 42.5 Å². The van der Waals surface area contributed by atoms with Crippen molar-refractivity contribution in [1.82, 2.24) is 0 Å². The third-order valence-corrected chi connectivity index (χ3v) is 6.16. The molecule has 0 radical (unpaired) electrons. The second-order valence-electron chi connectivity index (χ2n) is 7.75. The van der Waals surface area contributed by atoms with Crippen LogP contribution in [0.4, 0.5) is 5.69 Å². The molecule has 4 aromatic rings. The second-order valence-corrected chi connectivity index (χ2v) is 8.56. The zero-order valence-electron chi connectivity index (χ0n) is 19.0. The summed E-state index contributed by atoms with van der Waals surface area (Å²) in [6, 6.07) is 25.4. The molecule has 0 N–H and O–H groups in total. The summed E-state index contributed by atoms with van der Waals surface area (Å²) in [5.74, 6) is -0.130. The summed E-state index contributed by atoms with van der Waals surface area (Å²) in [6.45, 7) is 1.97. The van der Waals surface area contributed by atoms with Gasteiger partial charge in [-0.15, -0.1) is 0 Å². The zero-order chi connectivity index (χ0) is 24.8. The van der Waals surface area contributed by atoms with Crippen molar-refractivity contribution in [2.75, 3.05) is 18.1 Å². The highest BCUT2D eigenvalue weighted by molar-refractivity contribution is 6.36. The summed E-state index contributed by atoms with van der Waals surface area (Å²) in [4.78, 5) is 26.9. The highest BCUT2D eigenvalue weighted by atomic mass is 35.5. The van der Waals surface area contributed by atoms with Gasteiger partial charge < -0.3 is 14.4 Å². The number of amides is 1. The van der Waals surface area contributed by atoms with Crippen molar-refractivity contribution >= 4 is 51.5 Å². The normalized spacial score (nSPS) is 10.7. The average Bonchev–Trinajstić information content (AvgIpc) is 2.87. The van der Waals surface area contributed by atoms with Crippen molar-refractivity contribution in [2.24, 2.45) is 0 Å². The maximum atomic E-state index is 13.4. The van der Waals surface area contributed by atoms with Crippen molar-refractivity contribution in [3.8, 4) is 5.75 Å². The van der Waals surface area contributed by atoms with Gasteiger partial charge >= 0.3 is 5.97 Å². The van der Waals surface area contributed by atoms with E-state index in [0.29, 0.717) is 32.6 Å². The van der Waals surface area contributed by atoms with Gasteiger partial charge in [-0.2, -0.15) is 0 Å². The van der Waals surface area contributed by atoms with E-state index in [1.54, 1.807) is 49.4 Å². The van der Waals surface area contributed by atoms with E-state index in [1.165, 1.54) is 4.90 Å². The van der Waals surface area contributed by atoms with Gasteiger partial charge in [-0.25, -0.2) is 4.79 Å². The molecule has 0 saturated heterocycles. The number of nitrogens with zero attached hydrogens (tertiary/aromatic N) is 1. The van der Waals surface area contributed by atoms with Crippen LogP contribution in [0.2, 0.25) is 10.0 Å². The lowest BCUT2D eigenvalue weighted by Gasteiger charge is -2.24. The molecule has 0 atom stereocenters. The van der Waals surface area contributed by atoms with Gasteiger partial charge in [0.1, 0.15) is 5.75 Å². The van der Waals surface area contributed by atoms with Crippen LogP contribution in [0.3, 0.4) is 0 Å². The molecule has 4 aromatic carbocycles. The number of benzene rings is 4. The van der Waals surface area contributed by atoms with Gasteiger partial charge in [0.15, 0.2) is 6.61 Å². The first-order chi connectivity index (χ1) is 17.0. The summed E-state index contributed by atoms with van der Waals surface area (Å²) in [6.07, 6.45) is 0. The van der Waals surface area contributed by atoms with Crippen LogP contribution in [0.1, 0.15) is 22.8 Å². The Bertz CT molecular complexity index is 1330. The number of hydrogen-bond donors (Lipinski definition) is 0. The summed E-state index contributed by atoms with van der Waals surface area (Å²) in [5.41, 5.74) is 1.58. The standard InChI is InChI=1S/C28H23Cl2NO4/c1-2-34-28(33)20-10-13-22(14-11-20)31(17-24-25(29)8-5-9-26(24)30)27(32)18-35-23-15-12-19-6-3-4-7-21(19)16-23/h3-16H,2,17-18H2,1H3. The summed E-state index contributed by atoms with van der Waals surface area (Å²) < 4.78 is 10.9. The molecule has 4 rings (SSSR count). The number of ether oxygens (including phenoxy) is 2. The fourth-order valence-electron chi connectivity index (χ4n) is 3.64. The van der Waals surface area contributed by atoms with Crippen molar-refractivity contribution in [3.63, 3.8) is 0 Å². The maximum Gasteiger partial charge on any atom is 0.338 e. The molecule has 0 bridgehead atoms. The fourth-order valence-corrected chi connectivity index (χ4v) is 4.15. The Morgan fingerprint density at radius 1 is 0.829 bits per heavy atom. The molecule has 0 unspecified atom stereocenters. The van der Waals surface area contributed by atoms with Gasteiger partial charge in [0.05, 0.1) is 18.7 Å². The molecule has 5 nitrogen and oxygen atoms in total. The summed E-state index contributed by atoms with van der Waals surface area (Å²) in [7, 11) is 0. The molecular weight excluding hydrogens is 485 g/mol. The molecule has 0 aliphatic carbocycles. The number of fused-ring (bicyclic) bond motifs is 1. The van der Waals surface area contributed by atoms with Crippen LogP contribution in [0.25, 0.3) is 10.8 Å². The number of carbonyl (C=O) groups excluding carboxylic acids is 2. The first-order valence-electron chi connectivity index (χ1n) is 11.1. The van der Waals surface area contributed by atoms with Crippen LogP contribution >= 0.6 is 23.2 Å². The summed E-state index contributed by atoms with van der Waals surface area (Å²) in [5, 5.41) is 3.01. The molecule has 178 valence electrons. The molecule has 1 amide bonds. The lowest BCUT2D eigenvalue weighted by Crippen LogP contribution is -2.34. The van der Waals surface area contributed by atoms with E-state index in [2.05, 4.69) is 0 Å². The SMILES string of the molecule is CCOC(=O)c1ccc(N(Cc2c(Cl)cccc2Cl)C(=O)COc2ccc3ccccc3c2)cc1. The third-order valence-electron chi connectivity index (χ3n) is 5.45. The Hall–Kier alpha value is -3.54. The van der Waals surface area contributed by atoms with Crippen LogP contribution in [0.15, 0.2) is 84.9 Å². The van der Waals surface area contributed by atoms with Gasteiger partial charge in [-0.1, -0.05) is 59.6 Å². The molecule has 0 aliphatic rings. The van der Waals surface area contributed by atoms with Gasteiger partial charge in [0.2, 0.25) is 0 Å². The Balaban J connectivity index is 1.58. The largest absolute Gasteiger partial charge is 0.484 e. The van der Waals surface area contributed by atoms with Gasteiger partial charge in [0, 0.05) is 21.3 Å². The number of carbonyl (C=O) groups is 2. The minimum atomic E-state index is -0.425. The number of anilines is 1. The number of hydrogen-bond acceptors (Lipinski definition) is 4. The Kier molecular flexibility index (Phi) is 7.91. The minimum absolute atomic E-state index is 0.136.